The van der Waals surface area contributed by atoms with Crippen LogP contribution < -0.4 is 10.6 Å². The van der Waals surface area contributed by atoms with Crippen LogP contribution in [0.5, 0.6) is 0 Å². The molecule has 16 heavy (non-hydrogen) atoms. The summed E-state index contributed by atoms with van der Waals surface area (Å²) in [6, 6.07) is 4.85. The monoisotopic (exact) mass is 219 g/mol. The van der Waals surface area contributed by atoms with Crippen LogP contribution in [0, 0.1) is 0 Å². The molecule has 1 fully saturated rings. The Labute approximate surface area is 97.7 Å². The predicted molar refractivity (Wildman–Crippen MR) is 67.4 cm³/mol. The summed E-state index contributed by atoms with van der Waals surface area (Å²) in [6.07, 6.45) is 8.70. The van der Waals surface area contributed by atoms with Crippen LogP contribution in [0.3, 0.4) is 0 Å². The molecule has 0 amide bonds. The largest absolute Gasteiger partial charge is 0.370 e. The minimum absolute atomic E-state index is 0.521. The molecule has 0 unspecified atom stereocenters. The van der Waals surface area contributed by atoms with E-state index in [2.05, 4.69) is 23.0 Å². The molecule has 2 rings (SSSR count). The highest BCUT2D eigenvalue weighted by molar-refractivity contribution is 5.44. The van der Waals surface area contributed by atoms with Crippen LogP contribution in [0.4, 0.5) is 5.69 Å². The molecule has 1 aliphatic rings. The van der Waals surface area contributed by atoms with E-state index in [0.717, 1.165) is 5.69 Å². The Kier molecular flexibility index (Phi) is 3.78. The average Bonchev–Trinajstić information content (AvgIpc) is 2.39. The summed E-state index contributed by atoms with van der Waals surface area (Å²) in [5, 5.41) is 0. The van der Waals surface area contributed by atoms with Crippen molar-refractivity contribution >= 4 is 5.69 Å². The summed E-state index contributed by atoms with van der Waals surface area (Å²) >= 11 is 0. The molecule has 2 N–H and O–H groups in total. The fourth-order valence-electron chi connectivity index (χ4n) is 2.43. The van der Waals surface area contributed by atoms with Crippen molar-refractivity contribution in [2.45, 2.75) is 44.7 Å². The molecule has 0 radical (unpaired) electrons. The predicted octanol–water partition coefficient (Wildman–Crippen LogP) is 2.31. The zero-order chi connectivity index (χ0) is 11.4. The van der Waals surface area contributed by atoms with Crippen molar-refractivity contribution in [3.8, 4) is 0 Å². The van der Waals surface area contributed by atoms with Crippen LogP contribution in [0.25, 0.3) is 0 Å². The first-order chi connectivity index (χ1) is 7.81. The molecule has 0 atom stereocenters. The van der Waals surface area contributed by atoms with Gasteiger partial charge in [-0.3, -0.25) is 4.98 Å². The number of hydrogen-bond donors (Lipinski definition) is 1. The molecule has 0 aromatic carbocycles. The van der Waals surface area contributed by atoms with Gasteiger partial charge in [0.15, 0.2) is 0 Å². The molecule has 1 heterocycles. The van der Waals surface area contributed by atoms with Gasteiger partial charge in [0, 0.05) is 19.6 Å². The average molecular weight is 219 g/mol. The van der Waals surface area contributed by atoms with E-state index >= 15 is 0 Å². The Balaban J connectivity index is 2.04. The van der Waals surface area contributed by atoms with Crippen LogP contribution in [-0.2, 0) is 6.54 Å². The quantitative estimate of drug-likeness (QED) is 0.848. The Hall–Kier alpha value is -1.09. The Bertz CT molecular complexity index is 314. The van der Waals surface area contributed by atoms with Crippen LogP contribution in [-0.4, -0.2) is 18.1 Å². The minimum atomic E-state index is 0.521. The molecular weight excluding hydrogens is 198 g/mol. The summed E-state index contributed by atoms with van der Waals surface area (Å²) in [5.74, 6) is 0. The lowest BCUT2D eigenvalue weighted by Crippen LogP contribution is -2.33. The number of aromatic nitrogens is 1. The molecule has 0 spiro atoms. The van der Waals surface area contributed by atoms with E-state index in [1.165, 1.54) is 37.8 Å². The van der Waals surface area contributed by atoms with Crippen molar-refractivity contribution in [2.75, 3.05) is 11.9 Å². The van der Waals surface area contributed by atoms with Crippen molar-refractivity contribution < 1.29 is 0 Å². The summed E-state index contributed by atoms with van der Waals surface area (Å²) in [7, 11) is 2.18. The summed E-state index contributed by atoms with van der Waals surface area (Å²) in [4.78, 5) is 6.71. The van der Waals surface area contributed by atoms with Crippen LogP contribution in [0.2, 0.25) is 0 Å². The maximum Gasteiger partial charge on any atom is 0.0552 e. The topological polar surface area (TPSA) is 42.1 Å². The normalized spacial score (nSPS) is 17.4. The van der Waals surface area contributed by atoms with Gasteiger partial charge in [-0.25, -0.2) is 0 Å². The van der Waals surface area contributed by atoms with Crippen molar-refractivity contribution in [2.24, 2.45) is 5.73 Å². The second kappa shape index (κ2) is 5.30. The van der Waals surface area contributed by atoms with Gasteiger partial charge in [-0.1, -0.05) is 19.3 Å². The molecule has 1 aromatic rings. The smallest absolute Gasteiger partial charge is 0.0552 e. The molecule has 1 saturated carbocycles. The third kappa shape index (κ3) is 2.53. The zero-order valence-corrected chi connectivity index (χ0v) is 10.0. The summed E-state index contributed by atoms with van der Waals surface area (Å²) in [5.41, 5.74) is 7.71. The van der Waals surface area contributed by atoms with Gasteiger partial charge in [-0.05, 0) is 25.0 Å². The van der Waals surface area contributed by atoms with Crippen LogP contribution >= 0.6 is 0 Å². The van der Waals surface area contributed by atoms with E-state index in [-0.39, 0.29) is 0 Å². The number of nitrogens with zero attached hydrogens (tertiary/aromatic N) is 2. The molecule has 0 bridgehead atoms. The van der Waals surface area contributed by atoms with Gasteiger partial charge in [0.25, 0.3) is 0 Å². The first-order valence-corrected chi connectivity index (χ1v) is 6.19. The Morgan fingerprint density at radius 2 is 2.06 bits per heavy atom. The molecule has 3 heteroatoms. The van der Waals surface area contributed by atoms with E-state index in [9.17, 15) is 0 Å². The van der Waals surface area contributed by atoms with Gasteiger partial charge in [-0.2, -0.15) is 0 Å². The molecule has 0 aliphatic heterocycles. The van der Waals surface area contributed by atoms with E-state index < -0.39 is 0 Å². The molecule has 88 valence electrons. The Morgan fingerprint density at radius 1 is 1.31 bits per heavy atom. The number of rotatable bonds is 3. The molecule has 1 aromatic heterocycles. The highest BCUT2D eigenvalue weighted by Gasteiger charge is 2.18. The molecule has 3 nitrogen and oxygen atoms in total. The first kappa shape index (κ1) is 11.4. The molecule has 1 aliphatic carbocycles. The number of nitrogens with two attached hydrogens (primary N) is 1. The maximum atomic E-state index is 5.54. The van der Waals surface area contributed by atoms with Gasteiger partial charge in [0.05, 0.1) is 17.6 Å². The van der Waals surface area contributed by atoms with E-state index in [4.69, 9.17) is 5.73 Å². The fourth-order valence-corrected chi connectivity index (χ4v) is 2.43. The second-order valence-electron chi connectivity index (χ2n) is 4.61. The number of anilines is 1. The van der Waals surface area contributed by atoms with Gasteiger partial charge >= 0.3 is 0 Å². The second-order valence-corrected chi connectivity index (χ2v) is 4.61. The van der Waals surface area contributed by atoms with E-state index in [1.807, 2.05) is 12.3 Å². The SMILES string of the molecule is CN(c1ccc(CN)nc1)C1CCCCC1. The summed E-state index contributed by atoms with van der Waals surface area (Å²) in [6.45, 7) is 0.521. The zero-order valence-electron chi connectivity index (χ0n) is 10.0. The first-order valence-electron chi connectivity index (χ1n) is 6.19. The third-order valence-electron chi connectivity index (χ3n) is 3.55. The highest BCUT2D eigenvalue weighted by Crippen LogP contribution is 2.25. The van der Waals surface area contributed by atoms with Crippen LogP contribution in [0.15, 0.2) is 18.3 Å². The minimum Gasteiger partial charge on any atom is -0.370 e. The fraction of sp³-hybridized carbons (Fsp3) is 0.615. The van der Waals surface area contributed by atoms with E-state index in [0.29, 0.717) is 12.6 Å². The number of hydrogen-bond acceptors (Lipinski definition) is 3. The lowest BCUT2D eigenvalue weighted by atomic mass is 9.94. The standard InChI is InChI=1S/C13H21N3/c1-16(12-5-3-2-4-6-12)13-8-7-11(9-14)15-10-13/h7-8,10,12H,2-6,9,14H2,1H3. The number of pyridine rings is 1. The van der Waals surface area contributed by atoms with Gasteiger partial charge in [-0.15, -0.1) is 0 Å². The van der Waals surface area contributed by atoms with Crippen molar-refractivity contribution in [1.82, 2.24) is 4.98 Å². The van der Waals surface area contributed by atoms with Crippen molar-refractivity contribution in [3.63, 3.8) is 0 Å². The third-order valence-corrected chi connectivity index (χ3v) is 3.55. The highest BCUT2D eigenvalue weighted by atomic mass is 15.1. The molecule has 0 saturated heterocycles. The Morgan fingerprint density at radius 3 is 2.62 bits per heavy atom. The van der Waals surface area contributed by atoms with Crippen LogP contribution in [0.1, 0.15) is 37.8 Å². The maximum absolute atomic E-state index is 5.54. The van der Waals surface area contributed by atoms with Crippen molar-refractivity contribution in [3.05, 3.63) is 24.0 Å². The lowest BCUT2D eigenvalue weighted by Gasteiger charge is -2.32. The van der Waals surface area contributed by atoms with Gasteiger partial charge in [0.2, 0.25) is 0 Å². The van der Waals surface area contributed by atoms with Gasteiger partial charge in [0.1, 0.15) is 0 Å². The van der Waals surface area contributed by atoms with E-state index in [1.54, 1.807) is 0 Å². The molecular formula is C13H21N3. The summed E-state index contributed by atoms with van der Waals surface area (Å²) < 4.78 is 0. The van der Waals surface area contributed by atoms with Crippen molar-refractivity contribution in [1.29, 1.82) is 0 Å². The lowest BCUT2D eigenvalue weighted by molar-refractivity contribution is 0.427. The van der Waals surface area contributed by atoms with Gasteiger partial charge < -0.3 is 10.6 Å².